The Morgan fingerprint density at radius 1 is 1.00 bits per heavy atom. The first-order valence-electron chi connectivity index (χ1n) is 11.0. The summed E-state index contributed by atoms with van der Waals surface area (Å²) >= 11 is 6.58. The molecule has 1 amide bonds. The number of benzene rings is 2. The number of nitrogens with zero attached hydrogens (tertiary/aromatic N) is 1. The normalized spacial score (nSPS) is 14.5. The Bertz CT molecular complexity index is 1040. The monoisotopic (exact) mass is 499 g/mol. The van der Waals surface area contributed by atoms with E-state index in [1.807, 2.05) is 62.4 Å². The molecule has 0 N–H and O–H groups in total. The molecule has 1 aliphatic heterocycles. The molecule has 1 fully saturated rings. The zero-order valence-electron chi connectivity index (χ0n) is 19.5. The van der Waals surface area contributed by atoms with Crippen molar-refractivity contribution in [1.82, 2.24) is 4.90 Å². The summed E-state index contributed by atoms with van der Waals surface area (Å²) in [7, 11) is 0. The van der Waals surface area contributed by atoms with Gasteiger partial charge >= 0.3 is 0 Å². The number of carbonyl (C=O) groups is 1. The number of rotatable bonds is 13. The van der Waals surface area contributed by atoms with E-state index < -0.39 is 0 Å². The summed E-state index contributed by atoms with van der Waals surface area (Å²) in [6.07, 6.45) is 3.47. The molecule has 1 heterocycles. The molecule has 0 aliphatic carbocycles. The third-order valence-corrected chi connectivity index (χ3v) is 6.13. The van der Waals surface area contributed by atoms with Gasteiger partial charge in [0, 0.05) is 6.54 Å². The number of amides is 1. The Balaban J connectivity index is 1.49. The lowest BCUT2D eigenvalue weighted by atomic mass is 10.2. The fraction of sp³-hybridized carbons (Fsp3) is 0.308. The second-order valence-corrected chi connectivity index (χ2v) is 9.02. The minimum Gasteiger partial charge on any atom is -0.491 e. The van der Waals surface area contributed by atoms with Gasteiger partial charge in [-0.15, -0.1) is 6.58 Å². The predicted octanol–water partition coefficient (Wildman–Crippen LogP) is 5.26. The fourth-order valence-electron chi connectivity index (χ4n) is 3.11. The Morgan fingerprint density at radius 2 is 1.74 bits per heavy atom. The summed E-state index contributed by atoms with van der Waals surface area (Å²) in [5.74, 6) is 1.95. The molecule has 0 aromatic heterocycles. The molecule has 0 spiro atoms. The van der Waals surface area contributed by atoms with Crippen LogP contribution in [0.3, 0.4) is 0 Å². The first-order valence-corrected chi connectivity index (χ1v) is 12.3. The van der Waals surface area contributed by atoms with E-state index >= 15 is 0 Å². The van der Waals surface area contributed by atoms with Crippen molar-refractivity contribution < 1.29 is 23.7 Å². The maximum absolute atomic E-state index is 12.6. The van der Waals surface area contributed by atoms with E-state index in [1.165, 1.54) is 22.2 Å². The Hall–Kier alpha value is -2.81. The van der Waals surface area contributed by atoms with Gasteiger partial charge in [-0.2, -0.15) is 0 Å². The van der Waals surface area contributed by atoms with Crippen molar-refractivity contribution in [2.45, 2.75) is 13.8 Å². The van der Waals surface area contributed by atoms with E-state index in [-0.39, 0.29) is 5.91 Å². The van der Waals surface area contributed by atoms with Crippen LogP contribution in [0, 0.1) is 6.92 Å². The fourth-order valence-corrected chi connectivity index (χ4v) is 4.38. The highest BCUT2D eigenvalue weighted by atomic mass is 32.2. The maximum Gasteiger partial charge on any atom is 0.266 e. The molecule has 1 aliphatic rings. The lowest BCUT2D eigenvalue weighted by molar-refractivity contribution is -0.121. The van der Waals surface area contributed by atoms with E-state index in [2.05, 4.69) is 6.58 Å². The van der Waals surface area contributed by atoms with Gasteiger partial charge in [-0.1, -0.05) is 53.8 Å². The largest absolute Gasteiger partial charge is 0.491 e. The predicted molar refractivity (Wildman–Crippen MR) is 141 cm³/mol. The summed E-state index contributed by atoms with van der Waals surface area (Å²) in [4.78, 5) is 14.7. The van der Waals surface area contributed by atoms with E-state index in [1.54, 1.807) is 6.08 Å². The quantitative estimate of drug-likeness (QED) is 0.161. The first-order chi connectivity index (χ1) is 16.5. The number of aryl methyl sites for hydroxylation is 1. The molecule has 180 valence electrons. The zero-order chi connectivity index (χ0) is 24.3. The average molecular weight is 500 g/mol. The van der Waals surface area contributed by atoms with Crippen molar-refractivity contribution in [1.29, 1.82) is 0 Å². The van der Waals surface area contributed by atoms with Gasteiger partial charge < -0.3 is 18.9 Å². The molecule has 8 heteroatoms. The van der Waals surface area contributed by atoms with Gasteiger partial charge in [0.25, 0.3) is 5.91 Å². The highest BCUT2D eigenvalue weighted by molar-refractivity contribution is 8.26. The van der Waals surface area contributed by atoms with Crippen LogP contribution in [0.15, 0.2) is 60.0 Å². The third kappa shape index (κ3) is 7.35. The summed E-state index contributed by atoms with van der Waals surface area (Å²) in [5.41, 5.74) is 2.03. The minimum atomic E-state index is -0.114. The summed E-state index contributed by atoms with van der Waals surface area (Å²) in [5, 5.41) is 0. The summed E-state index contributed by atoms with van der Waals surface area (Å²) < 4.78 is 23.4. The van der Waals surface area contributed by atoms with Gasteiger partial charge in [0.05, 0.1) is 24.7 Å². The van der Waals surface area contributed by atoms with Crippen LogP contribution in [0.1, 0.15) is 18.1 Å². The molecule has 3 rings (SSSR count). The second kappa shape index (κ2) is 13.2. The number of thioether (sulfide) groups is 1. The molecule has 1 saturated heterocycles. The zero-order valence-corrected chi connectivity index (χ0v) is 21.1. The van der Waals surface area contributed by atoms with Gasteiger partial charge in [-0.3, -0.25) is 9.69 Å². The van der Waals surface area contributed by atoms with Gasteiger partial charge in [0.2, 0.25) is 0 Å². The topological polar surface area (TPSA) is 57.2 Å². The average Bonchev–Trinajstić information content (AvgIpc) is 3.08. The second-order valence-electron chi connectivity index (χ2n) is 7.34. The number of thiocarbonyl (C=S) groups is 1. The van der Waals surface area contributed by atoms with Crippen LogP contribution >= 0.6 is 24.0 Å². The summed E-state index contributed by atoms with van der Waals surface area (Å²) in [6, 6.07) is 13.5. The lowest BCUT2D eigenvalue weighted by Gasteiger charge is -2.13. The Labute approximate surface area is 210 Å². The Morgan fingerprint density at radius 3 is 2.44 bits per heavy atom. The van der Waals surface area contributed by atoms with E-state index in [0.29, 0.717) is 60.3 Å². The van der Waals surface area contributed by atoms with Crippen molar-refractivity contribution in [2.24, 2.45) is 0 Å². The molecule has 0 radical (unpaired) electrons. The molecular formula is C26H29NO5S2. The van der Waals surface area contributed by atoms with Crippen LogP contribution < -0.4 is 14.2 Å². The van der Waals surface area contributed by atoms with Gasteiger partial charge in [0.15, 0.2) is 11.5 Å². The van der Waals surface area contributed by atoms with Gasteiger partial charge in [-0.25, -0.2) is 0 Å². The molecule has 2 aromatic carbocycles. The highest BCUT2D eigenvalue weighted by Crippen LogP contribution is 2.34. The molecule has 6 nitrogen and oxygen atoms in total. The molecule has 0 saturated carbocycles. The van der Waals surface area contributed by atoms with Crippen LogP contribution in [-0.2, 0) is 9.53 Å². The van der Waals surface area contributed by atoms with Gasteiger partial charge in [0.1, 0.15) is 23.3 Å². The first kappa shape index (κ1) is 25.8. The van der Waals surface area contributed by atoms with E-state index in [0.717, 1.165) is 11.3 Å². The standard InChI is InChI=1S/C26H29NO5S2/c1-4-12-27-25(28)24(34-26(27)33)18-20-8-11-22(23(17-20)30-5-2)32-16-14-29-13-15-31-21-9-6-19(3)7-10-21/h4,6-11,17-18H,1,5,12-16H2,2-3H3/b24-18+. The molecule has 34 heavy (non-hydrogen) atoms. The number of carbonyl (C=O) groups excluding carboxylic acids is 1. The van der Waals surface area contributed by atoms with E-state index in [9.17, 15) is 4.79 Å². The molecule has 2 aromatic rings. The smallest absolute Gasteiger partial charge is 0.266 e. The van der Waals surface area contributed by atoms with Crippen LogP contribution in [0.4, 0.5) is 0 Å². The van der Waals surface area contributed by atoms with Crippen molar-refractivity contribution in [3.05, 3.63) is 71.2 Å². The summed E-state index contributed by atoms with van der Waals surface area (Å²) in [6.45, 7) is 10.3. The minimum absolute atomic E-state index is 0.114. The molecular weight excluding hydrogens is 470 g/mol. The molecule has 0 atom stereocenters. The number of hydrogen-bond acceptors (Lipinski definition) is 7. The maximum atomic E-state index is 12.6. The van der Waals surface area contributed by atoms with Crippen molar-refractivity contribution >= 4 is 40.3 Å². The Kier molecular flexibility index (Phi) is 10.00. The number of ether oxygens (including phenoxy) is 4. The number of hydrogen-bond donors (Lipinski definition) is 0. The van der Waals surface area contributed by atoms with Crippen LogP contribution in [-0.4, -0.2) is 54.7 Å². The highest BCUT2D eigenvalue weighted by Gasteiger charge is 2.31. The SMILES string of the molecule is C=CCN1C(=O)/C(=C\c2ccc(OCCOCCOc3ccc(C)cc3)c(OCC)c2)SC1=S. The van der Waals surface area contributed by atoms with Crippen molar-refractivity contribution in [3.8, 4) is 17.2 Å². The lowest BCUT2D eigenvalue weighted by Crippen LogP contribution is -2.27. The molecule has 0 bridgehead atoms. The van der Waals surface area contributed by atoms with Crippen molar-refractivity contribution in [2.75, 3.05) is 39.6 Å². The van der Waals surface area contributed by atoms with Gasteiger partial charge in [-0.05, 0) is 49.8 Å². The third-order valence-electron chi connectivity index (χ3n) is 4.75. The van der Waals surface area contributed by atoms with Crippen LogP contribution in [0.5, 0.6) is 17.2 Å². The van der Waals surface area contributed by atoms with E-state index in [4.69, 9.17) is 31.2 Å². The van der Waals surface area contributed by atoms with Crippen LogP contribution in [0.2, 0.25) is 0 Å². The molecule has 0 unspecified atom stereocenters. The van der Waals surface area contributed by atoms with Crippen LogP contribution in [0.25, 0.3) is 6.08 Å². The van der Waals surface area contributed by atoms with Crippen molar-refractivity contribution in [3.63, 3.8) is 0 Å².